The predicted molar refractivity (Wildman–Crippen MR) is 63.8 cm³/mol. The number of hydrogen-bond acceptors (Lipinski definition) is 2. The van der Waals surface area contributed by atoms with Crippen LogP contribution in [0.25, 0.3) is 0 Å². The van der Waals surface area contributed by atoms with Gasteiger partial charge in [0.25, 0.3) is 0 Å². The van der Waals surface area contributed by atoms with Gasteiger partial charge in [-0.05, 0) is 23.5 Å². The number of nitrogens with two attached hydrogens (primary N) is 1. The maximum atomic E-state index is 9.89. The number of rotatable bonds is 4. The molecule has 0 bridgehead atoms. The first-order chi connectivity index (χ1) is 7.06. The van der Waals surface area contributed by atoms with Crippen LogP contribution in [0.2, 0.25) is 0 Å². The van der Waals surface area contributed by atoms with E-state index in [2.05, 4.69) is 26.0 Å². The molecule has 3 N–H and O–H groups in total. The standard InChI is InChI=1S/C13H21NO/c1-4-12(14)13(15)11-7-5-10(6-8-11)9(2)3/h5-9,12-13,15H,4,14H2,1-3H3. The molecule has 2 atom stereocenters. The van der Waals surface area contributed by atoms with Crippen molar-refractivity contribution < 1.29 is 5.11 Å². The van der Waals surface area contributed by atoms with Gasteiger partial charge >= 0.3 is 0 Å². The molecule has 0 spiro atoms. The normalized spacial score (nSPS) is 15.3. The molecule has 0 aliphatic carbocycles. The van der Waals surface area contributed by atoms with Gasteiger partial charge in [-0.2, -0.15) is 0 Å². The fraction of sp³-hybridized carbons (Fsp3) is 0.538. The van der Waals surface area contributed by atoms with E-state index in [4.69, 9.17) is 5.73 Å². The zero-order chi connectivity index (χ0) is 11.4. The van der Waals surface area contributed by atoms with Gasteiger partial charge in [-0.15, -0.1) is 0 Å². The molecule has 0 radical (unpaired) electrons. The monoisotopic (exact) mass is 207 g/mol. The highest BCUT2D eigenvalue weighted by atomic mass is 16.3. The Morgan fingerprint density at radius 3 is 2.00 bits per heavy atom. The Hall–Kier alpha value is -0.860. The van der Waals surface area contributed by atoms with Crippen molar-refractivity contribution in [3.8, 4) is 0 Å². The van der Waals surface area contributed by atoms with E-state index >= 15 is 0 Å². The van der Waals surface area contributed by atoms with Gasteiger partial charge in [-0.3, -0.25) is 0 Å². The Labute approximate surface area is 92.1 Å². The van der Waals surface area contributed by atoms with Gasteiger partial charge in [0.2, 0.25) is 0 Å². The lowest BCUT2D eigenvalue weighted by Crippen LogP contribution is -2.27. The molecule has 0 aliphatic heterocycles. The second-order valence-electron chi connectivity index (χ2n) is 4.34. The molecule has 2 unspecified atom stereocenters. The third kappa shape index (κ3) is 3.05. The molecular formula is C13H21NO. The van der Waals surface area contributed by atoms with Crippen LogP contribution >= 0.6 is 0 Å². The second-order valence-corrected chi connectivity index (χ2v) is 4.34. The van der Waals surface area contributed by atoms with E-state index in [0.29, 0.717) is 5.92 Å². The first-order valence-corrected chi connectivity index (χ1v) is 5.59. The van der Waals surface area contributed by atoms with Crippen molar-refractivity contribution in [2.45, 2.75) is 45.3 Å². The maximum absolute atomic E-state index is 9.89. The van der Waals surface area contributed by atoms with E-state index in [1.54, 1.807) is 0 Å². The summed E-state index contributed by atoms with van der Waals surface area (Å²) >= 11 is 0. The molecule has 1 aromatic rings. The summed E-state index contributed by atoms with van der Waals surface area (Å²) in [6.07, 6.45) is 0.240. The molecular weight excluding hydrogens is 186 g/mol. The molecule has 0 fully saturated rings. The van der Waals surface area contributed by atoms with Gasteiger partial charge in [0, 0.05) is 6.04 Å². The molecule has 2 nitrogen and oxygen atoms in total. The Balaban J connectivity index is 2.79. The van der Waals surface area contributed by atoms with Crippen LogP contribution in [0.1, 0.15) is 50.3 Å². The summed E-state index contributed by atoms with van der Waals surface area (Å²) in [4.78, 5) is 0. The number of benzene rings is 1. The van der Waals surface area contributed by atoms with E-state index in [9.17, 15) is 5.11 Å². The first-order valence-electron chi connectivity index (χ1n) is 5.59. The zero-order valence-electron chi connectivity index (χ0n) is 9.77. The highest BCUT2D eigenvalue weighted by molar-refractivity contribution is 5.26. The predicted octanol–water partition coefficient (Wildman–Crippen LogP) is 2.58. The molecule has 0 amide bonds. The van der Waals surface area contributed by atoms with Gasteiger partial charge in [-0.25, -0.2) is 0 Å². The molecule has 84 valence electrons. The molecule has 0 saturated carbocycles. The van der Waals surface area contributed by atoms with Gasteiger partial charge in [0.1, 0.15) is 0 Å². The minimum Gasteiger partial charge on any atom is -0.387 e. The van der Waals surface area contributed by atoms with Crippen LogP contribution in [0, 0.1) is 0 Å². The Morgan fingerprint density at radius 2 is 1.60 bits per heavy atom. The van der Waals surface area contributed by atoms with Crippen molar-refractivity contribution in [2.24, 2.45) is 5.73 Å². The van der Waals surface area contributed by atoms with Gasteiger partial charge < -0.3 is 10.8 Å². The van der Waals surface area contributed by atoms with Crippen LogP contribution < -0.4 is 5.73 Å². The molecule has 15 heavy (non-hydrogen) atoms. The Kier molecular flexibility index (Phi) is 4.30. The molecule has 1 rings (SSSR count). The van der Waals surface area contributed by atoms with Crippen molar-refractivity contribution >= 4 is 0 Å². The average molecular weight is 207 g/mol. The van der Waals surface area contributed by atoms with Crippen LogP contribution in [-0.4, -0.2) is 11.1 Å². The van der Waals surface area contributed by atoms with E-state index in [1.807, 2.05) is 19.1 Å². The summed E-state index contributed by atoms with van der Waals surface area (Å²) in [6, 6.07) is 7.89. The summed E-state index contributed by atoms with van der Waals surface area (Å²) < 4.78 is 0. The minimum absolute atomic E-state index is 0.171. The molecule has 2 heteroatoms. The molecule has 0 saturated heterocycles. The lowest BCUT2D eigenvalue weighted by Gasteiger charge is -2.18. The van der Waals surface area contributed by atoms with Crippen LogP contribution in [0.4, 0.5) is 0 Å². The molecule has 0 aliphatic rings. The smallest absolute Gasteiger partial charge is 0.0940 e. The van der Waals surface area contributed by atoms with E-state index in [-0.39, 0.29) is 6.04 Å². The van der Waals surface area contributed by atoms with Crippen LogP contribution in [-0.2, 0) is 0 Å². The third-order valence-corrected chi connectivity index (χ3v) is 2.82. The largest absolute Gasteiger partial charge is 0.387 e. The van der Waals surface area contributed by atoms with E-state index in [1.165, 1.54) is 5.56 Å². The second kappa shape index (κ2) is 5.29. The van der Waals surface area contributed by atoms with Crippen LogP contribution in [0.3, 0.4) is 0 Å². The molecule has 0 heterocycles. The first kappa shape index (κ1) is 12.2. The lowest BCUT2D eigenvalue weighted by molar-refractivity contribution is 0.144. The summed E-state index contributed by atoms with van der Waals surface area (Å²) in [5, 5.41) is 9.89. The molecule has 0 aromatic heterocycles. The molecule has 1 aromatic carbocycles. The van der Waals surface area contributed by atoms with E-state index in [0.717, 1.165) is 12.0 Å². The SMILES string of the molecule is CCC(N)C(O)c1ccc(C(C)C)cc1. The quantitative estimate of drug-likeness (QED) is 0.797. The van der Waals surface area contributed by atoms with E-state index < -0.39 is 6.10 Å². The summed E-state index contributed by atoms with van der Waals surface area (Å²) in [5.41, 5.74) is 8.00. The topological polar surface area (TPSA) is 46.2 Å². The maximum Gasteiger partial charge on any atom is 0.0940 e. The summed E-state index contributed by atoms with van der Waals surface area (Å²) in [7, 11) is 0. The van der Waals surface area contributed by atoms with Gasteiger partial charge in [-0.1, -0.05) is 45.0 Å². The zero-order valence-corrected chi connectivity index (χ0v) is 9.77. The van der Waals surface area contributed by atoms with Crippen molar-refractivity contribution in [2.75, 3.05) is 0 Å². The minimum atomic E-state index is -0.545. The summed E-state index contributed by atoms with van der Waals surface area (Å²) in [5.74, 6) is 0.524. The summed E-state index contributed by atoms with van der Waals surface area (Å²) in [6.45, 7) is 6.29. The van der Waals surface area contributed by atoms with Crippen molar-refractivity contribution in [1.82, 2.24) is 0 Å². The Morgan fingerprint density at radius 1 is 1.13 bits per heavy atom. The van der Waals surface area contributed by atoms with Gasteiger partial charge in [0.05, 0.1) is 6.10 Å². The third-order valence-electron chi connectivity index (χ3n) is 2.82. The fourth-order valence-electron chi connectivity index (χ4n) is 1.55. The van der Waals surface area contributed by atoms with Crippen LogP contribution in [0.5, 0.6) is 0 Å². The van der Waals surface area contributed by atoms with Crippen molar-refractivity contribution in [3.63, 3.8) is 0 Å². The highest BCUT2D eigenvalue weighted by Gasteiger charge is 2.14. The lowest BCUT2D eigenvalue weighted by atomic mass is 9.97. The van der Waals surface area contributed by atoms with Gasteiger partial charge in [0.15, 0.2) is 0 Å². The number of aliphatic hydroxyl groups excluding tert-OH is 1. The average Bonchev–Trinajstić information content (AvgIpc) is 2.27. The van der Waals surface area contributed by atoms with Crippen molar-refractivity contribution in [1.29, 1.82) is 0 Å². The van der Waals surface area contributed by atoms with Crippen LogP contribution in [0.15, 0.2) is 24.3 Å². The van der Waals surface area contributed by atoms with Crippen molar-refractivity contribution in [3.05, 3.63) is 35.4 Å². The Bertz CT molecular complexity index is 292. The highest BCUT2D eigenvalue weighted by Crippen LogP contribution is 2.20. The number of hydrogen-bond donors (Lipinski definition) is 2. The number of aliphatic hydroxyl groups is 1. The fourth-order valence-corrected chi connectivity index (χ4v) is 1.55.